The van der Waals surface area contributed by atoms with Crippen molar-refractivity contribution in [1.29, 1.82) is 0 Å². The highest BCUT2D eigenvalue weighted by molar-refractivity contribution is 5.34. The lowest BCUT2D eigenvalue weighted by atomic mass is 9.71. The molecule has 1 unspecified atom stereocenters. The molecule has 1 saturated heterocycles. The molecule has 1 heteroatoms. The Morgan fingerprint density at radius 3 is 1.92 bits per heavy atom. The van der Waals surface area contributed by atoms with E-state index in [0.29, 0.717) is 11.5 Å². The molecule has 128 valence electrons. The Morgan fingerprint density at radius 1 is 0.833 bits per heavy atom. The lowest BCUT2D eigenvalue weighted by Gasteiger charge is -2.54. The van der Waals surface area contributed by atoms with E-state index in [2.05, 4.69) is 80.3 Å². The van der Waals surface area contributed by atoms with Crippen molar-refractivity contribution in [3.05, 3.63) is 71.3 Å². The van der Waals surface area contributed by atoms with Gasteiger partial charge in [-0.2, -0.15) is 0 Å². The van der Waals surface area contributed by atoms with Crippen LogP contribution >= 0.6 is 0 Å². The van der Waals surface area contributed by atoms with E-state index in [1.807, 2.05) is 0 Å². The fourth-order valence-corrected chi connectivity index (χ4v) is 4.50. The van der Waals surface area contributed by atoms with Crippen LogP contribution in [0.3, 0.4) is 0 Å². The molecule has 0 aliphatic carbocycles. The fourth-order valence-electron chi connectivity index (χ4n) is 4.50. The van der Waals surface area contributed by atoms with Gasteiger partial charge in [-0.25, -0.2) is 0 Å². The normalized spacial score (nSPS) is 18.1. The molecule has 1 heterocycles. The zero-order valence-corrected chi connectivity index (χ0v) is 15.5. The molecule has 0 saturated carbocycles. The number of hydrogen-bond donors (Lipinski definition) is 0. The van der Waals surface area contributed by atoms with E-state index in [-0.39, 0.29) is 0 Å². The van der Waals surface area contributed by atoms with Crippen LogP contribution in [0.5, 0.6) is 0 Å². The lowest BCUT2D eigenvalue weighted by molar-refractivity contribution is -0.0348. The van der Waals surface area contributed by atoms with Gasteiger partial charge < -0.3 is 0 Å². The quantitative estimate of drug-likeness (QED) is 0.605. The second-order valence-electron chi connectivity index (χ2n) is 7.63. The summed E-state index contributed by atoms with van der Waals surface area (Å²) in [5.41, 5.74) is 4.73. The molecule has 1 aliphatic heterocycles. The average molecular weight is 322 g/mol. The second-order valence-corrected chi connectivity index (χ2v) is 7.63. The standard InChI is InChI=1S/C23H31N/c1-4-15-23(16-5-2)17-24(18-23)22(20-9-7-6-8-10-20)21-13-11-19(3)12-14-21/h6-14,22H,4-5,15-18H2,1-3H3. The molecule has 0 aromatic heterocycles. The minimum atomic E-state index is 0.397. The molecule has 1 aliphatic rings. The van der Waals surface area contributed by atoms with Crippen molar-refractivity contribution in [2.45, 2.75) is 52.5 Å². The van der Waals surface area contributed by atoms with Crippen molar-refractivity contribution in [2.75, 3.05) is 13.1 Å². The van der Waals surface area contributed by atoms with Gasteiger partial charge in [0.25, 0.3) is 0 Å². The molecule has 0 amide bonds. The third kappa shape index (κ3) is 3.57. The second kappa shape index (κ2) is 7.53. The molecule has 1 atom stereocenters. The van der Waals surface area contributed by atoms with Gasteiger partial charge in [0.15, 0.2) is 0 Å². The highest BCUT2D eigenvalue weighted by Gasteiger charge is 2.44. The predicted molar refractivity (Wildman–Crippen MR) is 103 cm³/mol. The summed E-state index contributed by atoms with van der Waals surface area (Å²) in [7, 11) is 0. The highest BCUT2D eigenvalue weighted by Crippen LogP contribution is 2.45. The van der Waals surface area contributed by atoms with Gasteiger partial charge in [-0.05, 0) is 36.3 Å². The topological polar surface area (TPSA) is 3.24 Å². The summed E-state index contributed by atoms with van der Waals surface area (Å²) in [5, 5.41) is 0. The van der Waals surface area contributed by atoms with Crippen LogP contribution in [-0.4, -0.2) is 18.0 Å². The molecule has 3 rings (SSSR count). The van der Waals surface area contributed by atoms with Crippen molar-refractivity contribution in [3.8, 4) is 0 Å². The van der Waals surface area contributed by atoms with Crippen LogP contribution in [0.15, 0.2) is 54.6 Å². The largest absolute Gasteiger partial charge is 0.291 e. The third-order valence-electron chi connectivity index (χ3n) is 5.51. The van der Waals surface area contributed by atoms with E-state index in [9.17, 15) is 0 Å². The summed E-state index contributed by atoms with van der Waals surface area (Å²) in [6.07, 6.45) is 5.34. The Kier molecular flexibility index (Phi) is 5.40. The summed E-state index contributed by atoms with van der Waals surface area (Å²) >= 11 is 0. The molecular formula is C23H31N. The first-order chi connectivity index (χ1) is 11.7. The molecule has 1 fully saturated rings. The van der Waals surface area contributed by atoms with E-state index < -0.39 is 0 Å². The maximum Gasteiger partial charge on any atom is 0.0602 e. The van der Waals surface area contributed by atoms with Crippen LogP contribution in [0, 0.1) is 12.3 Å². The van der Waals surface area contributed by atoms with Crippen molar-refractivity contribution in [3.63, 3.8) is 0 Å². The highest BCUT2D eigenvalue weighted by atomic mass is 15.2. The fraction of sp³-hybridized carbons (Fsp3) is 0.478. The number of benzene rings is 2. The summed E-state index contributed by atoms with van der Waals surface area (Å²) in [6, 6.07) is 20.5. The zero-order chi connectivity index (χ0) is 17.0. The van der Waals surface area contributed by atoms with Gasteiger partial charge in [0, 0.05) is 13.1 Å². The van der Waals surface area contributed by atoms with Crippen molar-refractivity contribution < 1.29 is 0 Å². The Bertz CT molecular complexity index is 615. The number of hydrogen-bond acceptors (Lipinski definition) is 1. The molecule has 0 spiro atoms. The Labute approximate surface area is 147 Å². The SMILES string of the molecule is CCCC1(CCC)CN(C(c2ccccc2)c2ccc(C)cc2)C1. The molecule has 2 aromatic carbocycles. The van der Waals surface area contributed by atoms with Gasteiger partial charge in [0.2, 0.25) is 0 Å². The van der Waals surface area contributed by atoms with E-state index in [4.69, 9.17) is 0 Å². The molecule has 0 bridgehead atoms. The maximum atomic E-state index is 2.69. The van der Waals surface area contributed by atoms with Crippen LogP contribution in [0.25, 0.3) is 0 Å². The minimum absolute atomic E-state index is 0.397. The number of rotatable bonds is 7. The van der Waals surface area contributed by atoms with E-state index >= 15 is 0 Å². The minimum Gasteiger partial charge on any atom is -0.291 e. The summed E-state index contributed by atoms with van der Waals surface area (Å²) in [5.74, 6) is 0. The monoisotopic (exact) mass is 321 g/mol. The average Bonchev–Trinajstić information content (AvgIpc) is 2.56. The zero-order valence-electron chi connectivity index (χ0n) is 15.5. The number of likely N-dealkylation sites (tertiary alicyclic amines) is 1. The van der Waals surface area contributed by atoms with Gasteiger partial charge in [-0.3, -0.25) is 4.90 Å². The Balaban J connectivity index is 1.86. The van der Waals surface area contributed by atoms with Crippen LogP contribution < -0.4 is 0 Å². The van der Waals surface area contributed by atoms with E-state index in [0.717, 1.165) is 0 Å². The third-order valence-corrected chi connectivity index (χ3v) is 5.51. The van der Waals surface area contributed by atoms with Crippen LogP contribution in [0.1, 0.15) is 62.3 Å². The van der Waals surface area contributed by atoms with Gasteiger partial charge in [0.1, 0.15) is 0 Å². The number of nitrogens with zero attached hydrogens (tertiary/aromatic N) is 1. The first kappa shape index (κ1) is 17.2. The maximum absolute atomic E-state index is 2.69. The molecule has 24 heavy (non-hydrogen) atoms. The molecule has 0 radical (unpaired) electrons. The Morgan fingerprint density at radius 2 is 1.38 bits per heavy atom. The van der Waals surface area contributed by atoms with Crippen LogP contribution in [0.2, 0.25) is 0 Å². The summed E-state index contributed by atoms with van der Waals surface area (Å²) in [4.78, 5) is 2.69. The van der Waals surface area contributed by atoms with Gasteiger partial charge in [-0.15, -0.1) is 0 Å². The summed E-state index contributed by atoms with van der Waals surface area (Å²) in [6.45, 7) is 9.30. The smallest absolute Gasteiger partial charge is 0.0602 e. The molecule has 0 N–H and O–H groups in total. The summed E-state index contributed by atoms with van der Waals surface area (Å²) < 4.78 is 0. The van der Waals surface area contributed by atoms with Crippen LogP contribution in [-0.2, 0) is 0 Å². The van der Waals surface area contributed by atoms with Crippen molar-refractivity contribution in [1.82, 2.24) is 4.90 Å². The Hall–Kier alpha value is -1.60. The molecule has 1 nitrogen and oxygen atoms in total. The van der Waals surface area contributed by atoms with Crippen LogP contribution in [0.4, 0.5) is 0 Å². The van der Waals surface area contributed by atoms with Gasteiger partial charge in [-0.1, -0.05) is 86.8 Å². The van der Waals surface area contributed by atoms with E-state index in [1.54, 1.807) is 0 Å². The number of aryl methyl sites for hydroxylation is 1. The first-order valence-corrected chi connectivity index (χ1v) is 9.53. The lowest BCUT2D eigenvalue weighted by Crippen LogP contribution is -2.57. The van der Waals surface area contributed by atoms with Crippen molar-refractivity contribution in [2.24, 2.45) is 5.41 Å². The van der Waals surface area contributed by atoms with Gasteiger partial charge in [0.05, 0.1) is 6.04 Å². The van der Waals surface area contributed by atoms with E-state index in [1.165, 1.54) is 55.5 Å². The molecule has 2 aromatic rings. The van der Waals surface area contributed by atoms with Crippen molar-refractivity contribution >= 4 is 0 Å². The molecular weight excluding hydrogens is 290 g/mol. The van der Waals surface area contributed by atoms with Gasteiger partial charge >= 0.3 is 0 Å². The predicted octanol–water partition coefficient (Wildman–Crippen LogP) is 5.99. The first-order valence-electron chi connectivity index (χ1n) is 9.53.